The number of nitrogens with one attached hydrogen (secondary N) is 2. The molecule has 3 aromatic rings. The third-order valence-corrected chi connectivity index (χ3v) is 5.35. The van der Waals surface area contributed by atoms with Crippen molar-refractivity contribution in [1.29, 1.82) is 0 Å². The predicted octanol–water partition coefficient (Wildman–Crippen LogP) is 3.46. The number of benzene rings is 2. The van der Waals surface area contributed by atoms with Gasteiger partial charge in [0.2, 0.25) is 5.91 Å². The summed E-state index contributed by atoms with van der Waals surface area (Å²) in [6.07, 6.45) is 2.55. The number of amides is 2. The van der Waals surface area contributed by atoms with Crippen LogP contribution in [0.1, 0.15) is 29.9 Å². The molecule has 7 heteroatoms. The van der Waals surface area contributed by atoms with Gasteiger partial charge in [0.15, 0.2) is 0 Å². The zero-order valence-corrected chi connectivity index (χ0v) is 18.0. The van der Waals surface area contributed by atoms with Crippen LogP contribution in [0.4, 0.5) is 0 Å². The Bertz CT molecular complexity index is 986. The molecule has 0 bridgehead atoms. The molecule has 0 aliphatic rings. The molecule has 156 valence electrons. The highest BCUT2D eigenvalue weighted by Crippen LogP contribution is 2.22. The van der Waals surface area contributed by atoms with Crippen LogP contribution in [0.3, 0.4) is 0 Å². The van der Waals surface area contributed by atoms with Crippen molar-refractivity contribution < 1.29 is 9.59 Å². The lowest BCUT2D eigenvalue weighted by atomic mass is 10.2. The van der Waals surface area contributed by atoms with E-state index in [-0.39, 0.29) is 23.6 Å². The maximum absolute atomic E-state index is 12.7. The molecule has 0 aliphatic heterocycles. The Hall–Kier alpha value is -3.06. The first-order valence-electron chi connectivity index (χ1n) is 9.92. The molecule has 1 heterocycles. The molecule has 0 fully saturated rings. The summed E-state index contributed by atoms with van der Waals surface area (Å²) < 4.78 is 1.82. The highest BCUT2D eigenvalue weighted by atomic mass is 32.2. The molecular weight excluding hydrogens is 396 g/mol. The lowest BCUT2D eigenvalue weighted by Crippen LogP contribution is -2.31. The summed E-state index contributed by atoms with van der Waals surface area (Å²) in [7, 11) is 0. The van der Waals surface area contributed by atoms with E-state index < -0.39 is 0 Å². The van der Waals surface area contributed by atoms with Crippen LogP contribution in [0, 0.1) is 0 Å². The maximum Gasteiger partial charge on any atom is 0.252 e. The summed E-state index contributed by atoms with van der Waals surface area (Å²) in [6.45, 7) is 4.33. The third kappa shape index (κ3) is 6.22. The number of nitrogens with zero attached hydrogens (tertiary/aromatic N) is 2. The topological polar surface area (TPSA) is 76.0 Å². The van der Waals surface area contributed by atoms with Crippen LogP contribution in [0.2, 0.25) is 0 Å². The van der Waals surface area contributed by atoms with E-state index in [1.54, 1.807) is 6.07 Å². The van der Waals surface area contributed by atoms with Gasteiger partial charge >= 0.3 is 0 Å². The van der Waals surface area contributed by atoms with Gasteiger partial charge in [0, 0.05) is 30.1 Å². The van der Waals surface area contributed by atoms with E-state index >= 15 is 0 Å². The van der Waals surface area contributed by atoms with E-state index in [4.69, 9.17) is 0 Å². The largest absolute Gasteiger partial charge is 0.353 e. The van der Waals surface area contributed by atoms with E-state index in [1.807, 2.05) is 79.3 Å². The lowest BCUT2D eigenvalue weighted by molar-refractivity contribution is -0.119. The molecular formula is C23H26N4O2S. The normalized spacial score (nSPS) is 10.8. The van der Waals surface area contributed by atoms with Crippen molar-refractivity contribution in [2.45, 2.75) is 31.2 Å². The molecule has 2 amide bonds. The Morgan fingerprint density at radius 2 is 1.77 bits per heavy atom. The van der Waals surface area contributed by atoms with E-state index in [0.29, 0.717) is 18.5 Å². The standard InChI is InChI=1S/C23H26N4O2S/c1-17(2)25-22(28)16-30-21-11-7-6-10-20(21)23(29)24-14-12-18-13-15-27(26-18)19-8-4-3-5-9-19/h3-11,13,15,17H,12,14,16H2,1-2H3,(H,24,29)(H,25,28). The second kappa shape index (κ2) is 10.6. The van der Waals surface area contributed by atoms with Crippen molar-refractivity contribution in [3.8, 4) is 5.69 Å². The molecule has 0 spiro atoms. The van der Waals surface area contributed by atoms with Crippen LogP contribution in [-0.4, -0.2) is 39.9 Å². The highest BCUT2D eigenvalue weighted by Gasteiger charge is 2.13. The molecule has 1 aromatic heterocycles. The van der Waals surface area contributed by atoms with Gasteiger partial charge in [0.05, 0.1) is 22.7 Å². The fourth-order valence-corrected chi connectivity index (χ4v) is 3.77. The van der Waals surface area contributed by atoms with Crippen LogP contribution in [0.25, 0.3) is 5.69 Å². The molecule has 0 saturated carbocycles. The van der Waals surface area contributed by atoms with Crippen molar-refractivity contribution in [1.82, 2.24) is 20.4 Å². The molecule has 6 nitrogen and oxygen atoms in total. The summed E-state index contributed by atoms with van der Waals surface area (Å²) >= 11 is 1.37. The second-order valence-electron chi connectivity index (χ2n) is 7.10. The summed E-state index contributed by atoms with van der Waals surface area (Å²) in [4.78, 5) is 25.3. The molecule has 2 aromatic carbocycles. The number of hydrogen-bond acceptors (Lipinski definition) is 4. The molecule has 2 N–H and O–H groups in total. The van der Waals surface area contributed by atoms with Crippen LogP contribution in [0.5, 0.6) is 0 Å². The summed E-state index contributed by atoms with van der Waals surface area (Å²) in [5.41, 5.74) is 2.49. The van der Waals surface area contributed by atoms with Crippen LogP contribution in [-0.2, 0) is 11.2 Å². The minimum atomic E-state index is -0.148. The smallest absolute Gasteiger partial charge is 0.252 e. The highest BCUT2D eigenvalue weighted by molar-refractivity contribution is 8.00. The van der Waals surface area contributed by atoms with Crippen molar-refractivity contribution in [2.75, 3.05) is 12.3 Å². The lowest BCUT2D eigenvalue weighted by Gasteiger charge is -2.11. The average Bonchev–Trinajstić information content (AvgIpc) is 3.21. The van der Waals surface area contributed by atoms with E-state index in [9.17, 15) is 9.59 Å². The third-order valence-electron chi connectivity index (χ3n) is 4.27. The number of rotatable bonds is 9. The zero-order chi connectivity index (χ0) is 21.3. The van der Waals surface area contributed by atoms with Gasteiger partial charge in [0.1, 0.15) is 0 Å². The van der Waals surface area contributed by atoms with E-state index in [2.05, 4.69) is 15.7 Å². The first kappa shape index (κ1) is 21.6. The fraction of sp³-hybridized carbons (Fsp3) is 0.261. The molecule has 0 saturated heterocycles. The van der Waals surface area contributed by atoms with Gasteiger partial charge < -0.3 is 10.6 Å². The fourth-order valence-electron chi connectivity index (χ4n) is 2.91. The number of para-hydroxylation sites is 1. The quantitative estimate of drug-likeness (QED) is 0.518. The van der Waals surface area contributed by atoms with Crippen molar-refractivity contribution in [3.63, 3.8) is 0 Å². The van der Waals surface area contributed by atoms with E-state index in [0.717, 1.165) is 16.3 Å². The van der Waals surface area contributed by atoms with Gasteiger partial charge in [-0.15, -0.1) is 11.8 Å². The first-order valence-corrected chi connectivity index (χ1v) is 10.9. The van der Waals surface area contributed by atoms with Gasteiger partial charge in [0.25, 0.3) is 5.91 Å². The molecule has 0 atom stereocenters. The van der Waals surface area contributed by atoms with Gasteiger partial charge in [-0.1, -0.05) is 30.3 Å². The predicted molar refractivity (Wildman–Crippen MR) is 120 cm³/mol. The molecule has 3 rings (SSSR count). The summed E-state index contributed by atoms with van der Waals surface area (Å²) in [6, 6.07) is 19.3. The molecule has 0 aliphatic carbocycles. The van der Waals surface area contributed by atoms with Crippen LogP contribution >= 0.6 is 11.8 Å². The van der Waals surface area contributed by atoms with Gasteiger partial charge in [-0.05, 0) is 44.2 Å². The van der Waals surface area contributed by atoms with E-state index in [1.165, 1.54) is 11.8 Å². The second-order valence-corrected chi connectivity index (χ2v) is 8.12. The minimum Gasteiger partial charge on any atom is -0.353 e. The molecule has 30 heavy (non-hydrogen) atoms. The molecule has 0 radical (unpaired) electrons. The summed E-state index contributed by atoms with van der Waals surface area (Å²) in [5.74, 6) is 0.0865. The number of thioether (sulfide) groups is 1. The Morgan fingerprint density at radius 3 is 2.53 bits per heavy atom. The number of hydrogen-bond donors (Lipinski definition) is 2. The number of carbonyl (C=O) groups excluding carboxylic acids is 2. The van der Waals surface area contributed by atoms with Crippen LogP contribution < -0.4 is 10.6 Å². The monoisotopic (exact) mass is 422 g/mol. The number of aromatic nitrogens is 2. The summed E-state index contributed by atoms with van der Waals surface area (Å²) in [5, 5.41) is 10.4. The Morgan fingerprint density at radius 1 is 1.03 bits per heavy atom. The van der Waals surface area contributed by atoms with Crippen LogP contribution in [0.15, 0.2) is 71.8 Å². The Kier molecular flexibility index (Phi) is 7.68. The minimum absolute atomic E-state index is 0.0424. The van der Waals surface area contributed by atoms with Crippen molar-refractivity contribution in [2.24, 2.45) is 0 Å². The zero-order valence-electron chi connectivity index (χ0n) is 17.2. The Balaban J connectivity index is 1.53. The van der Waals surface area contributed by atoms with Crippen molar-refractivity contribution >= 4 is 23.6 Å². The maximum atomic E-state index is 12.7. The Labute approximate surface area is 181 Å². The average molecular weight is 423 g/mol. The molecule has 0 unspecified atom stereocenters. The number of carbonyl (C=O) groups is 2. The van der Waals surface area contributed by atoms with Gasteiger partial charge in [-0.3, -0.25) is 9.59 Å². The van der Waals surface area contributed by atoms with Gasteiger partial charge in [-0.2, -0.15) is 5.10 Å². The van der Waals surface area contributed by atoms with Crippen molar-refractivity contribution in [3.05, 3.63) is 78.1 Å². The first-order chi connectivity index (χ1) is 14.5. The SMILES string of the molecule is CC(C)NC(=O)CSc1ccccc1C(=O)NCCc1ccn(-c2ccccc2)n1. The van der Waals surface area contributed by atoms with Gasteiger partial charge in [-0.25, -0.2) is 4.68 Å².